The number of carbonyl (C=O) groups is 1. The summed E-state index contributed by atoms with van der Waals surface area (Å²) in [5.41, 5.74) is 0.940. The summed E-state index contributed by atoms with van der Waals surface area (Å²) in [6.45, 7) is 3.85. The Balaban J connectivity index is 1.70. The van der Waals surface area contributed by atoms with Crippen LogP contribution in [0.25, 0.3) is 0 Å². The number of benzene rings is 1. The van der Waals surface area contributed by atoms with E-state index in [1.807, 2.05) is 6.92 Å². The van der Waals surface area contributed by atoms with Crippen molar-refractivity contribution in [3.63, 3.8) is 0 Å². The van der Waals surface area contributed by atoms with Gasteiger partial charge < -0.3 is 9.47 Å². The van der Waals surface area contributed by atoms with Gasteiger partial charge in [-0.1, -0.05) is 12.1 Å². The molecular formula is C15H18FNO3. The SMILES string of the molecule is CC1CC(N2CCOC(c3ccc(F)cc3)C2)C(=O)O1. The Bertz CT molecular complexity index is 490. The van der Waals surface area contributed by atoms with Crippen molar-refractivity contribution in [2.45, 2.75) is 31.6 Å². The lowest BCUT2D eigenvalue weighted by atomic mass is 10.1. The van der Waals surface area contributed by atoms with Crippen LogP contribution in [0.4, 0.5) is 4.39 Å². The fourth-order valence-electron chi connectivity index (χ4n) is 2.87. The number of ether oxygens (including phenoxy) is 2. The van der Waals surface area contributed by atoms with Crippen LogP contribution in [-0.4, -0.2) is 42.7 Å². The molecule has 3 atom stereocenters. The van der Waals surface area contributed by atoms with E-state index in [9.17, 15) is 9.18 Å². The first-order valence-electron chi connectivity index (χ1n) is 6.95. The molecule has 0 aromatic heterocycles. The maximum absolute atomic E-state index is 13.0. The predicted molar refractivity (Wildman–Crippen MR) is 70.6 cm³/mol. The third kappa shape index (κ3) is 2.69. The molecule has 2 aliphatic rings. The quantitative estimate of drug-likeness (QED) is 0.775. The highest BCUT2D eigenvalue weighted by Gasteiger charge is 2.38. The van der Waals surface area contributed by atoms with Crippen molar-refractivity contribution in [1.29, 1.82) is 0 Å². The average Bonchev–Trinajstić information content (AvgIpc) is 2.79. The second-order valence-corrected chi connectivity index (χ2v) is 5.40. The normalized spacial score (nSPS) is 31.3. The lowest BCUT2D eigenvalue weighted by molar-refractivity contribution is -0.147. The second-order valence-electron chi connectivity index (χ2n) is 5.40. The average molecular weight is 279 g/mol. The van der Waals surface area contributed by atoms with Crippen LogP contribution in [0, 0.1) is 5.82 Å². The summed E-state index contributed by atoms with van der Waals surface area (Å²) in [6.07, 6.45) is 0.599. The van der Waals surface area contributed by atoms with E-state index >= 15 is 0 Å². The van der Waals surface area contributed by atoms with Gasteiger partial charge in [-0.25, -0.2) is 4.39 Å². The Hall–Kier alpha value is -1.46. The Morgan fingerprint density at radius 3 is 2.70 bits per heavy atom. The molecule has 0 radical (unpaired) electrons. The monoisotopic (exact) mass is 279 g/mol. The Kier molecular flexibility index (Phi) is 3.72. The van der Waals surface area contributed by atoms with Gasteiger partial charge in [0.2, 0.25) is 0 Å². The van der Waals surface area contributed by atoms with Crippen LogP contribution in [0.15, 0.2) is 24.3 Å². The van der Waals surface area contributed by atoms with Crippen LogP contribution in [-0.2, 0) is 14.3 Å². The lowest BCUT2D eigenvalue weighted by Crippen LogP contribution is -2.46. The molecule has 0 N–H and O–H groups in total. The van der Waals surface area contributed by atoms with Crippen molar-refractivity contribution < 1.29 is 18.7 Å². The van der Waals surface area contributed by atoms with Crippen molar-refractivity contribution >= 4 is 5.97 Å². The van der Waals surface area contributed by atoms with Gasteiger partial charge in [0.05, 0.1) is 12.7 Å². The van der Waals surface area contributed by atoms with Gasteiger partial charge in [0.15, 0.2) is 0 Å². The molecule has 2 aliphatic heterocycles. The zero-order valence-corrected chi connectivity index (χ0v) is 11.4. The van der Waals surface area contributed by atoms with E-state index in [-0.39, 0.29) is 30.0 Å². The van der Waals surface area contributed by atoms with Gasteiger partial charge in [-0.05, 0) is 24.6 Å². The number of halogens is 1. The molecule has 108 valence electrons. The van der Waals surface area contributed by atoms with Crippen molar-refractivity contribution in [3.8, 4) is 0 Å². The Labute approximate surface area is 117 Å². The van der Waals surface area contributed by atoms with E-state index in [1.54, 1.807) is 12.1 Å². The minimum absolute atomic E-state index is 0.0142. The maximum atomic E-state index is 13.0. The molecule has 0 amide bonds. The highest BCUT2D eigenvalue weighted by molar-refractivity contribution is 5.78. The maximum Gasteiger partial charge on any atom is 0.323 e. The van der Waals surface area contributed by atoms with E-state index in [2.05, 4.69) is 4.90 Å². The molecule has 5 heteroatoms. The van der Waals surface area contributed by atoms with Crippen molar-refractivity contribution in [1.82, 2.24) is 4.90 Å². The van der Waals surface area contributed by atoms with E-state index in [4.69, 9.17) is 9.47 Å². The zero-order chi connectivity index (χ0) is 14.1. The third-order valence-electron chi connectivity index (χ3n) is 3.93. The number of carbonyl (C=O) groups excluding carboxylic acids is 1. The molecule has 0 aliphatic carbocycles. The van der Waals surface area contributed by atoms with Crippen LogP contribution in [0.3, 0.4) is 0 Å². The summed E-state index contributed by atoms with van der Waals surface area (Å²) in [6, 6.07) is 6.17. The van der Waals surface area contributed by atoms with E-state index in [0.29, 0.717) is 13.2 Å². The standard InChI is InChI=1S/C15H18FNO3/c1-10-8-13(15(18)20-10)17-6-7-19-14(9-17)11-2-4-12(16)5-3-11/h2-5,10,13-14H,6-9H2,1H3. The number of rotatable bonds is 2. The molecule has 4 nitrogen and oxygen atoms in total. The first-order valence-corrected chi connectivity index (χ1v) is 6.95. The summed E-state index contributed by atoms with van der Waals surface area (Å²) < 4.78 is 23.9. The minimum atomic E-state index is -0.255. The number of morpholine rings is 1. The molecule has 2 heterocycles. The second kappa shape index (κ2) is 5.50. The van der Waals surface area contributed by atoms with Crippen LogP contribution in [0.5, 0.6) is 0 Å². The topological polar surface area (TPSA) is 38.8 Å². The van der Waals surface area contributed by atoms with Crippen LogP contribution < -0.4 is 0 Å². The van der Waals surface area contributed by atoms with Crippen molar-refractivity contribution in [2.75, 3.05) is 19.7 Å². The summed E-state index contributed by atoms with van der Waals surface area (Å²) in [5.74, 6) is -0.396. The van der Waals surface area contributed by atoms with Crippen LogP contribution in [0.2, 0.25) is 0 Å². The molecule has 0 saturated carbocycles. The van der Waals surface area contributed by atoms with Crippen molar-refractivity contribution in [3.05, 3.63) is 35.6 Å². The number of esters is 1. The number of nitrogens with zero attached hydrogens (tertiary/aromatic N) is 1. The van der Waals surface area contributed by atoms with Gasteiger partial charge in [-0.15, -0.1) is 0 Å². The first kappa shape index (κ1) is 13.5. The molecule has 3 unspecified atom stereocenters. The largest absolute Gasteiger partial charge is 0.461 e. The van der Waals surface area contributed by atoms with Gasteiger partial charge in [0.25, 0.3) is 0 Å². The summed E-state index contributed by atoms with van der Waals surface area (Å²) >= 11 is 0. The first-order chi connectivity index (χ1) is 9.63. The van der Waals surface area contributed by atoms with Gasteiger partial charge >= 0.3 is 5.97 Å². The predicted octanol–water partition coefficient (Wildman–Crippen LogP) is 1.90. The molecule has 20 heavy (non-hydrogen) atoms. The molecule has 3 rings (SSSR count). The number of cyclic esters (lactones) is 1. The minimum Gasteiger partial charge on any atom is -0.461 e. The van der Waals surface area contributed by atoms with Gasteiger partial charge in [0, 0.05) is 19.5 Å². The van der Waals surface area contributed by atoms with E-state index in [0.717, 1.165) is 18.5 Å². The van der Waals surface area contributed by atoms with Gasteiger partial charge in [-0.2, -0.15) is 0 Å². The molecule has 1 aromatic carbocycles. The summed E-state index contributed by atoms with van der Waals surface area (Å²) in [4.78, 5) is 13.9. The highest BCUT2D eigenvalue weighted by Crippen LogP contribution is 2.27. The van der Waals surface area contributed by atoms with E-state index in [1.165, 1.54) is 12.1 Å². The molecule has 0 spiro atoms. The highest BCUT2D eigenvalue weighted by atomic mass is 19.1. The molecule has 1 aromatic rings. The fraction of sp³-hybridized carbons (Fsp3) is 0.533. The molecule has 2 fully saturated rings. The lowest BCUT2D eigenvalue weighted by Gasteiger charge is -2.35. The van der Waals surface area contributed by atoms with Gasteiger partial charge in [-0.3, -0.25) is 9.69 Å². The zero-order valence-electron chi connectivity index (χ0n) is 11.4. The molecule has 0 bridgehead atoms. The molecular weight excluding hydrogens is 261 g/mol. The smallest absolute Gasteiger partial charge is 0.323 e. The van der Waals surface area contributed by atoms with Gasteiger partial charge in [0.1, 0.15) is 18.0 Å². The van der Waals surface area contributed by atoms with Crippen LogP contribution in [0.1, 0.15) is 25.0 Å². The Morgan fingerprint density at radius 2 is 2.05 bits per heavy atom. The fourth-order valence-corrected chi connectivity index (χ4v) is 2.87. The summed E-state index contributed by atoms with van der Waals surface area (Å²) in [7, 11) is 0. The Morgan fingerprint density at radius 1 is 1.30 bits per heavy atom. The number of hydrogen-bond donors (Lipinski definition) is 0. The van der Waals surface area contributed by atoms with Crippen LogP contribution >= 0.6 is 0 Å². The van der Waals surface area contributed by atoms with Crippen molar-refractivity contribution in [2.24, 2.45) is 0 Å². The molecule has 2 saturated heterocycles. The third-order valence-corrected chi connectivity index (χ3v) is 3.93. The van der Waals surface area contributed by atoms with E-state index < -0.39 is 0 Å². The number of hydrogen-bond acceptors (Lipinski definition) is 4. The summed E-state index contributed by atoms with van der Waals surface area (Å²) in [5, 5.41) is 0.